The van der Waals surface area contributed by atoms with Crippen molar-refractivity contribution in [3.05, 3.63) is 26.6 Å². The van der Waals surface area contributed by atoms with E-state index in [-0.39, 0.29) is 6.61 Å². The molecular formula is C12H16Br2O2S. The van der Waals surface area contributed by atoms with Gasteiger partial charge in [-0.25, -0.2) is 0 Å². The molecule has 0 unspecified atom stereocenters. The summed E-state index contributed by atoms with van der Waals surface area (Å²) in [4.78, 5) is 0. The predicted molar refractivity (Wildman–Crippen MR) is 80.9 cm³/mol. The van der Waals surface area contributed by atoms with Gasteiger partial charge in [0, 0.05) is 0 Å². The second-order valence-electron chi connectivity index (χ2n) is 3.45. The molecule has 2 nitrogen and oxygen atoms in total. The van der Waals surface area contributed by atoms with Crippen molar-refractivity contribution in [2.75, 3.05) is 18.1 Å². The number of benzene rings is 1. The van der Waals surface area contributed by atoms with Crippen molar-refractivity contribution in [3.63, 3.8) is 0 Å². The van der Waals surface area contributed by atoms with Crippen LogP contribution in [-0.4, -0.2) is 23.2 Å². The average Bonchev–Trinajstić information content (AvgIpc) is 2.31. The van der Waals surface area contributed by atoms with Crippen molar-refractivity contribution in [1.29, 1.82) is 0 Å². The van der Waals surface area contributed by atoms with Crippen LogP contribution < -0.4 is 4.74 Å². The van der Waals surface area contributed by atoms with Crippen LogP contribution in [0.3, 0.4) is 0 Å². The van der Waals surface area contributed by atoms with Crippen LogP contribution in [0.1, 0.15) is 18.9 Å². The Morgan fingerprint density at radius 3 is 2.47 bits per heavy atom. The highest BCUT2D eigenvalue weighted by Crippen LogP contribution is 2.34. The fourth-order valence-electron chi connectivity index (χ4n) is 1.32. The topological polar surface area (TPSA) is 29.5 Å². The Hall–Kier alpha value is 0.290. The van der Waals surface area contributed by atoms with Gasteiger partial charge in [-0.15, -0.1) is 0 Å². The van der Waals surface area contributed by atoms with E-state index in [2.05, 4.69) is 38.8 Å². The van der Waals surface area contributed by atoms with Gasteiger partial charge in [-0.3, -0.25) is 0 Å². The molecule has 0 aliphatic carbocycles. The van der Waals surface area contributed by atoms with Gasteiger partial charge in [-0.1, -0.05) is 6.92 Å². The molecule has 0 fully saturated rings. The predicted octanol–water partition coefficient (Wildman–Crippen LogP) is 4.23. The minimum absolute atomic E-state index is 0.0324. The molecule has 0 aliphatic rings. The Balaban J connectivity index is 2.53. The lowest BCUT2D eigenvalue weighted by atomic mass is 10.2. The molecule has 0 saturated carbocycles. The number of halogens is 2. The maximum absolute atomic E-state index is 9.07. The summed E-state index contributed by atoms with van der Waals surface area (Å²) in [5.74, 6) is 3.09. The Labute approximate surface area is 123 Å². The summed E-state index contributed by atoms with van der Waals surface area (Å²) in [7, 11) is 0. The second-order valence-corrected chi connectivity index (χ2v) is 6.55. The van der Waals surface area contributed by atoms with Crippen molar-refractivity contribution >= 4 is 43.6 Å². The number of hydrogen-bond donors (Lipinski definition) is 1. The van der Waals surface area contributed by atoms with Gasteiger partial charge in [-0.2, -0.15) is 11.8 Å². The summed E-state index contributed by atoms with van der Waals surface area (Å²) in [5, 5.41) is 9.07. The fourth-order valence-corrected chi connectivity index (χ4v) is 3.44. The first-order chi connectivity index (χ1) is 8.19. The normalized spacial score (nSPS) is 10.6. The van der Waals surface area contributed by atoms with Gasteiger partial charge in [0.05, 0.1) is 22.2 Å². The molecule has 0 bridgehead atoms. The van der Waals surface area contributed by atoms with Crippen molar-refractivity contribution in [3.8, 4) is 5.75 Å². The minimum atomic E-state index is 0.0324. The van der Waals surface area contributed by atoms with Crippen LogP contribution in [0.15, 0.2) is 21.1 Å². The first-order valence-electron chi connectivity index (χ1n) is 5.48. The third-order valence-corrected chi connectivity index (χ3v) is 4.29. The molecule has 0 aliphatic heterocycles. The summed E-state index contributed by atoms with van der Waals surface area (Å²) in [6.07, 6.45) is 1.04. The SMILES string of the molecule is CCSCCCOc1c(Br)cc(CO)cc1Br. The molecule has 0 heterocycles. The van der Waals surface area contributed by atoms with Crippen LogP contribution in [0, 0.1) is 0 Å². The first kappa shape index (κ1) is 15.3. The van der Waals surface area contributed by atoms with E-state index in [1.165, 1.54) is 0 Å². The first-order valence-corrected chi connectivity index (χ1v) is 8.22. The number of hydrogen-bond acceptors (Lipinski definition) is 3. The molecule has 5 heteroatoms. The van der Waals surface area contributed by atoms with E-state index < -0.39 is 0 Å². The molecular weight excluding hydrogens is 368 g/mol. The van der Waals surface area contributed by atoms with Crippen molar-refractivity contribution in [1.82, 2.24) is 0 Å². The Morgan fingerprint density at radius 2 is 1.94 bits per heavy atom. The molecule has 0 spiro atoms. The van der Waals surface area contributed by atoms with Crippen LogP contribution in [-0.2, 0) is 6.61 Å². The smallest absolute Gasteiger partial charge is 0.147 e. The Kier molecular flexibility index (Phi) is 7.59. The van der Waals surface area contributed by atoms with E-state index in [0.29, 0.717) is 6.61 Å². The molecule has 0 aromatic heterocycles. The van der Waals surface area contributed by atoms with E-state index in [4.69, 9.17) is 9.84 Å². The summed E-state index contributed by atoms with van der Waals surface area (Å²) in [6, 6.07) is 3.75. The zero-order valence-electron chi connectivity index (χ0n) is 9.71. The molecule has 1 rings (SSSR count). The highest BCUT2D eigenvalue weighted by atomic mass is 79.9. The largest absolute Gasteiger partial charge is 0.491 e. The second kappa shape index (κ2) is 8.40. The van der Waals surface area contributed by atoms with Gasteiger partial charge in [0.2, 0.25) is 0 Å². The minimum Gasteiger partial charge on any atom is -0.491 e. The summed E-state index contributed by atoms with van der Waals surface area (Å²) in [5.41, 5.74) is 0.859. The lowest BCUT2D eigenvalue weighted by Crippen LogP contribution is -2.01. The summed E-state index contributed by atoms with van der Waals surface area (Å²) < 4.78 is 7.47. The van der Waals surface area contributed by atoms with E-state index in [0.717, 1.165) is 38.2 Å². The highest BCUT2D eigenvalue weighted by Gasteiger charge is 2.08. The Bertz CT molecular complexity index is 335. The van der Waals surface area contributed by atoms with Gasteiger partial charge in [-0.05, 0) is 67.5 Å². The van der Waals surface area contributed by atoms with Gasteiger partial charge in [0.15, 0.2) is 0 Å². The lowest BCUT2D eigenvalue weighted by Gasteiger charge is -2.11. The van der Waals surface area contributed by atoms with Gasteiger partial charge in [0.1, 0.15) is 5.75 Å². The fraction of sp³-hybridized carbons (Fsp3) is 0.500. The van der Waals surface area contributed by atoms with Crippen LogP contribution >= 0.6 is 43.6 Å². The number of thioether (sulfide) groups is 1. The van der Waals surface area contributed by atoms with Gasteiger partial charge < -0.3 is 9.84 Å². The Morgan fingerprint density at radius 1 is 1.29 bits per heavy atom. The van der Waals surface area contributed by atoms with E-state index >= 15 is 0 Å². The molecule has 17 heavy (non-hydrogen) atoms. The molecule has 1 N–H and O–H groups in total. The van der Waals surface area contributed by atoms with Crippen LogP contribution in [0.4, 0.5) is 0 Å². The lowest BCUT2D eigenvalue weighted by molar-refractivity contribution is 0.280. The van der Waals surface area contributed by atoms with Crippen LogP contribution in [0.25, 0.3) is 0 Å². The summed E-state index contributed by atoms with van der Waals surface area (Å²) >= 11 is 8.82. The van der Waals surface area contributed by atoms with Crippen molar-refractivity contribution in [2.45, 2.75) is 20.0 Å². The number of ether oxygens (including phenoxy) is 1. The van der Waals surface area contributed by atoms with Gasteiger partial charge in [0.25, 0.3) is 0 Å². The summed E-state index contributed by atoms with van der Waals surface area (Å²) in [6.45, 7) is 2.90. The molecule has 1 aromatic rings. The monoisotopic (exact) mass is 382 g/mol. The average molecular weight is 384 g/mol. The number of rotatable bonds is 7. The van der Waals surface area contributed by atoms with E-state index in [1.807, 2.05) is 23.9 Å². The number of aliphatic hydroxyl groups excluding tert-OH is 1. The van der Waals surface area contributed by atoms with Crippen molar-refractivity contribution in [2.24, 2.45) is 0 Å². The molecule has 0 atom stereocenters. The van der Waals surface area contributed by atoms with E-state index in [9.17, 15) is 0 Å². The zero-order chi connectivity index (χ0) is 12.7. The van der Waals surface area contributed by atoms with Gasteiger partial charge >= 0.3 is 0 Å². The quantitative estimate of drug-likeness (QED) is 0.714. The van der Waals surface area contributed by atoms with Crippen LogP contribution in [0.2, 0.25) is 0 Å². The molecule has 0 amide bonds. The highest BCUT2D eigenvalue weighted by molar-refractivity contribution is 9.11. The third-order valence-electron chi connectivity index (χ3n) is 2.12. The van der Waals surface area contributed by atoms with Crippen LogP contribution in [0.5, 0.6) is 5.75 Å². The zero-order valence-corrected chi connectivity index (χ0v) is 13.7. The maximum atomic E-state index is 9.07. The molecule has 0 saturated heterocycles. The standard InChI is InChI=1S/C12H16Br2O2S/c1-2-17-5-3-4-16-12-10(13)6-9(8-15)7-11(12)14/h6-7,15H,2-5,8H2,1H3. The molecule has 96 valence electrons. The molecule has 1 aromatic carbocycles. The van der Waals surface area contributed by atoms with E-state index in [1.54, 1.807) is 0 Å². The third kappa shape index (κ3) is 5.20. The van der Waals surface area contributed by atoms with Crippen molar-refractivity contribution < 1.29 is 9.84 Å². The molecule has 0 radical (unpaired) electrons. The number of aliphatic hydroxyl groups is 1. The maximum Gasteiger partial charge on any atom is 0.147 e.